The first-order chi connectivity index (χ1) is 14.8. The summed E-state index contributed by atoms with van der Waals surface area (Å²) in [6.07, 6.45) is 4.09. The van der Waals surface area contributed by atoms with Gasteiger partial charge >= 0.3 is 0 Å². The maximum Gasteiger partial charge on any atom is 0.239 e. The van der Waals surface area contributed by atoms with E-state index in [1.807, 2.05) is 12.1 Å². The Morgan fingerprint density at radius 2 is 1.71 bits per heavy atom. The van der Waals surface area contributed by atoms with Crippen molar-refractivity contribution in [1.82, 2.24) is 10.2 Å². The number of benzene rings is 2. The van der Waals surface area contributed by atoms with Crippen LogP contribution in [0.5, 0.6) is 0 Å². The highest BCUT2D eigenvalue weighted by atomic mass is 35.5. The summed E-state index contributed by atoms with van der Waals surface area (Å²) < 4.78 is 0. The second kappa shape index (κ2) is 11.2. The molecule has 1 saturated heterocycles. The maximum atomic E-state index is 13.3. The molecule has 0 aromatic heterocycles. The summed E-state index contributed by atoms with van der Waals surface area (Å²) in [5.74, 6) is 1.04. The lowest BCUT2D eigenvalue weighted by Crippen LogP contribution is -2.53. The predicted octanol–water partition coefficient (Wildman–Crippen LogP) is 5.99. The summed E-state index contributed by atoms with van der Waals surface area (Å²) in [6, 6.07) is 16.9. The molecular formula is C27H37ClN2O. The summed E-state index contributed by atoms with van der Waals surface area (Å²) in [6.45, 7) is 10.3. The van der Waals surface area contributed by atoms with Gasteiger partial charge in [0.05, 0.1) is 6.04 Å². The molecule has 2 aromatic rings. The second-order valence-corrected chi connectivity index (χ2v) is 9.84. The number of nitrogens with one attached hydrogen (secondary N) is 1. The number of hydrogen-bond donors (Lipinski definition) is 1. The summed E-state index contributed by atoms with van der Waals surface area (Å²) >= 11 is 6.03. The molecule has 168 valence electrons. The molecule has 0 bridgehead atoms. The number of rotatable bonds is 8. The lowest BCUT2D eigenvalue weighted by Gasteiger charge is -2.36. The number of piperidine rings is 1. The number of nitrogens with zero attached hydrogens (tertiary/aromatic N) is 1. The second-order valence-electron chi connectivity index (χ2n) is 9.41. The van der Waals surface area contributed by atoms with Gasteiger partial charge in [-0.05, 0) is 80.2 Å². The van der Waals surface area contributed by atoms with Crippen molar-refractivity contribution in [2.45, 2.75) is 71.4 Å². The number of amides is 1. The maximum absolute atomic E-state index is 13.3. The fourth-order valence-corrected chi connectivity index (χ4v) is 4.69. The normalized spacial score (nSPS) is 17.0. The molecule has 0 radical (unpaired) electrons. The van der Waals surface area contributed by atoms with Crippen molar-refractivity contribution in [3.8, 4) is 0 Å². The highest BCUT2D eigenvalue weighted by molar-refractivity contribution is 6.30. The van der Waals surface area contributed by atoms with Crippen molar-refractivity contribution < 1.29 is 4.79 Å². The molecule has 1 aliphatic heterocycles. The smallest absolute Gasteiger partial charge is 0.239 e. The third kappa shape index (κ3) is 6.57. The first-order valence-electron chi connectivity index (χ1n) is 11.7. The van der Waals surface area contributed by atoms with Gasteiger partial charge in [0.1, 0.15) is 0 Å². The number of likely N-dealkylation sites (tertiary alicyclic amines) is 1. The third-order valence-corrected chi connectivity index (χ3v) is 6.90. The van der Waals surface area contributed by atoms with Crippen LogP contribution in [0.4, 0.5) is 0 Å². The third-order valence-electron chi connectivity index (χ3n) is 6.65. The van der Waals surface area contributed by atoms with Crippen molar-refractivity contribution in [1.29, 1.82) is 0 Å². The van der Waals surface area contributed by atoms with Crippen molar-refractivity contribution in [3.63, 3.8) is 0 Å². The Kier molecular flexibility index (Phi) is 8.57. The van der Waals surface area contributed by atoms with Crippen molar-refractivity contribution in [3.05, 3.63) is 70.2 Å². The number of carbonyl (C=O) groups excluding carboxylic acids is 1. The van der Waals surface area contributed by atoms with Gasteiger partial charge in [-0.1, -0.05) is 61.8 Å². The minimum absolute atomic E-state index is 0.126. The lowest BCUT2D eigenvalue weighted by molar-refractivity contribution is -0.135. The monoisotopic (exact) mass is 440 g/mol. The molecule has 4 heteroatoms. The summed E-state index contributed by atoms with van der Waals surface area (Å²) in [4.78, 5) is 15.4. The molecule has 2 aromatic carbocycles. The van der Waals surface area contributed by atoms with Gasteiger partial charge in [-0.15, -0.1) is 0 Å². The van der Waals surface area contributed by atoms with Crippen LogP contribution in [0.2, 0.25) is 5.02 Å². The van der Waals surface area contributed by atoms with Crippen LogP contribution in [-0.2, 0) is 11.2 Å². The van der Waals surface area contributed by atoms with Crippen LogP contribution in [0.15, 0.2) is 48.5 Å². The van der Waals surface area contributed by atoms with Crippen molar-refractivity contribution in [2.75, 3.05) is 13.1 Å². The molecule has 0 spiro atoms. The molecule has 2 atom stereocenters. The molecular weight excluding hydrogens is 404 g/mol. The minimum Gasteiger partial charge on any atom is -0.341 e. The SMILES string of the molecule is Cc1ccccc1CCC(C)N[C@@H](C(=O)N1CCC(c2ccc(Cl)cc2)CC1)C(C)C. The molecule has 1 aliphatic rings. The van der Waals surface area contributed by atoms with E-state index in [1.165, 1.54) is 16.7 Å². The van der Waals surface area contributed by atoms with Crippen LogP contribution in [0.1, 0.15) is 62.6 Å². The van der Waals surface area contributed by atoms with Crippen LogP contribution in [-0.4, -0.2) is 36.0 Å². The Bertz CT molecular complexity index is 841. The summed E-state index contributed by atoms with van der Waals surface area (Å²) in [5.41, 5.74) is 4.07. The Hall–Kier alpha value is -1.84. The average molecular weight is 441 g/mol. The Morgan fingerprint density at radius 1 is 1.06 bits per heavy atom. The average Bonchev–Trinajstić information content (AvgIpc) is 2.77. The van der Waals surface area contributed by atoms with E-state index in [0.29, 0.717) is 12.0 Å². The first kappa shape index (κ1) is 23.8. The van der Waals surface area contributed by atoms with E-state index in [2.05, 4.69) is 74.3 Å². The Labute approximate surface area is 193 Å². The van der Waals surface area contributed by atoms with Crippen LogP contribution >= 0.6 is 11.6 Å². The first-order valence-corrected chi connectivity index (χ1v) is 12.1. The van der Waals surface area contributed by atoms with Gasteiger partial charge in [0.15, 0.2) is 0 Å². The van der Waals surface area contributed by atoms with Gasteiger partial charge in [0.25, 0.3) is 0 Å². The van der Waals surface area contributed by atoms with Crippen LogP contribution in [0, 0.1) is 12.8 Å². The standard InChI is InChI=1S/C27H37ClN2O/c1-19(2)26(29-21(4)9-10-22-8-6-5-7-20(22)3)27(31)30-17-15-24(16-18-30)23-11-13-25(28)14-12-23/h5-8,11-14,19,21,24,26,29H,9-10,15-18H2,1-4H3/t21?,26-/m1/s1. The van der Waals surface area contributed by atoms with E-state index in [1.54, 1.807) is 0 Å². The van der Waals surface area contributed by atoms with Gasteiger partial charge in [0, 0.05) is 24.2 Å². The number of carbonyl (C=O) groups is 1. The number of halogens is 1. The zero-order valence-corrected chi connectivity index (χ0v) is 20.2. The zero-order valence-electron chi connectivity index (χ0n) is 19.4. The molecule has 0 aliphatic carbocycles. The fourth-order valence-electron chi connectivity index (χ4n) is 4.57. The molecule has 3 nitrogen and oxygen atoms in total. The highest BCUT2D eigenvalue weighted by Gasteiger charge is 2.31. The van der Waals surface area contributed by atoms with E-state index in [0.717, 1.165) is 43.8 Å². The van der Waals surface area contributed by atoms with E-state index >= 15 is 0 Å². The topological polar surface area (TPSA) is 32.3 Å². The molecule has 31 heavy (non-hydrogen) atoms. The van der Waals surface area contributed by atoms with Gasteiger partial charge in [-0.2, -0.15) is 0 Å². The Balaban J connectivity index is 1.53. The lowest BCUT2D eigenvalue weighted by atomic mass is 9.89. The van der Waals surface area contributed by atoms with E-state index in [9.17, 15) is 4.79 Å². The predicted molar refractivity (Wildman–Crippen MR) is 131 cm³/mol. The van der Waals surface area contributed by atoms with Gasteiger partial charge in [-0.25, -0.2) is 0 Å². The van der Waals surface area contributed by atoms with E-state index in [-0.39, 0.29) is 17.9 Å². The highest BCUT2D eigenvalue weighted by Crippen LogP contribution is 2.29. The molecule has 1 heterocycles. The van der Waals surface area contributed by atoms with Crippen molar-refractivity contribution >= 4 is 17.5 Å². The molecule has 1 amide bonds. The van der Waals surface area contributed by atoms with Crippen LogP contribution in [0.3, 0.4) is 0 Å². The van der Waals surface area contributed by atoms with E-state index in [4.69, 9.17) is 11.6 Å². The number of aryl methyl sites for hydroxylation is 2. The van der Waals surface area contributed by atoms with Crippen LogP contribution < -0.4 is 5.32 Å². The quantitative estimate of drug-likeness (QED) is 0.546. The molecule has 1 fully saturated rings. The largest absolute Gasteiger partial charge is 0.341 e. The molecule has 1 N–H and O–H groups in total. The molecule has 3 rings (SSSR count). The Morgan fingerprint density at radius 3 is 2.32 bits per heavy atom. The van der Waals surface area contributed by atoms with E-state index < -0.39 is 0 Å². The summed E-state index contributed by atoms with van der Waals surface area (Å²) in [5, 5.41) is 4.42. The van der Waals surface area contributed by atoms with Crippen LogP contribution in [0.25, 0.3) is 0 Å². The van der Waals surface area contributed by atoms with Gasteiger partial charge in [0.2, 0.25) is 5.91 Å². The van der Waals surface area contributed by atoms with Gasteiger partial charge < -0.3 is 10.2 Å². The minimum atomic E-state index is -0.126. The molecule has 0 saturated carbocycles. The number of hydrogen-bond acceptors (Lipinski definition) is 2. The van der Waals surface area contributed by atoms with Crippen molar-refractivity contribution in [2.24, 2.45) is 5.92 Å². The zero-order chi connectivity index (χ0) is 22.4. The fraction of sp³-hybridized carbons (Fsp3) is 0.519. The molecule has 1 unspecified atom stereocenters. The summed E-state index contributed by atoms with van der Waals surface area (Å²) in [7, 11) is 0. The van der Waals surface area contributed by atoms with Gasteiger partial charge in [-0.3, -0.25) is 4.79 Å².